The highest BCUT2D eigenvalue weighted by molar-refractivity contribution is 6.30. The number of benzene rings is 2. The molecule has 2 aromatic rings. The minimum absolute atomic E-state index is 0.270. The lowest BCUT2D eigenvalue weighted by Gasteiger charge is -2.09. The summed E-state index contributed by atoms with van der Waals surface area (Å²) in [7, 11) is 0. The second kappa shape index (κ2) is 6.79. The highest BCUT2D eigenvalue weighted by atomic mass is 35.5. The normalized spacial score (nSPS) is 11.2. The van der Waals surface area contributed by atoms with Crippen molar-refractivity contribution >= 4 is 17.6 Å². The fraction of sp³-hybridized carbons (Fsp3) is 0.118. The van der Waals surface area contributed by atoms with E-state index in [1.807, 2.05) is 30.3 Å². The van der Waals surface area contributed by atoms with Crippen molar-refractivity contribution in [2.24, 2.45) is 0 Å². The second-order valence-corrected chi connectivity index (χ2v) is 4.75. The topological polar surface area (TPSA) is 37.3 Å². The van der Waals surface area contributed by atoms with Gasteiger partial charge in [0.05, 0.1) is 5.92 Å². The van der Waals surface area contributed by atoms with Crippen LogP contribution in [0.25, 0.3) is 0 Å². The van der Waals surface area contributed by atoms with Crippen molar-refractivity contribution in [1.29, 1.82) is 0 Å². The van der Waals surface area contributed by atoms with E-state index in [-0.39, 0.29) is 6.42 Å². The number of aliphatic carboxylic acids is 1. The molecule has 100 valence electrons. The van der Waals surface area contributed by atoms with Crippen molar-refractivity contribution in [2.75, 3.05) is 0 Å². The molecule has 1 atom stereocenters. The molecule has 2 nitrogen and oxygen atoms in total. The van der Waals surface area contributed by atoms with Gasteiger partial charge in [-0.1, -0.05) is 53.8 Å². The van der Waals surface area contributed by atoms with E-state index >= 15 is 0 Å². The van der Waals surface area contributed by atoms with Crippen LogP contribution in [0.15, 0.2) is 54.6 Å². The van der Waals surface area contributed by atoms with Gasteiger partial charge in [0.25, 0.3) is 0 Å². The molecule has 0 aromatic heterocycles. The van der Waals surface area contributed by atoms with Crippen molar-refractivity contribution in [3.63, 3.8) is 0 Å². The molecule has 0 bridgehead atoms. The van der Waals surface area contributed by atoms with Crippen LogP contribution in [-0.4, -0.2) is 11.1 Å². The number of carboxylic acid groups (broad SMARTS) is 1. The molecule has 0 radical (unpaired) electrons. The molecule has 0 amide bonds. The van der Waals surface area contributed by atoms with E-state index in [1.54, 1.807) is 24.3 Å². The predicted octanol–water partition coefficient (Wildman–Crippen LogP) is 3.95. The standard InChI is InChI=1S/C17H13ClO2/c18-15-11-9-14(10-12-15)16(17(19)20)8-4-7-13-5-2-1-3-6-13/h1-3,5-6,9-12,16H,8H2,(H,19,20). The van der Waals surface area contributed by atoms with Crippen LogP contribution < -0.4 is 0 Å². The number of hydrogen-bond donors (Lipinski definition) is 1. The molecule has 0 aliphatic carbocycles. The molecule has 0 aliphatic heterocycles. The minimum Gasteiger partial charge on any atom is -0.481 e. The van der Waals surface area contributed by atoms with Gasteiger partial charge in [0.15, 0.2) is 0 Å². The van der Waals surface area contributed by atoms with Crippen LogP contribution in [0.2, 0.25) is 5.02 Å². The summed E-state index contributed by atoms with van der Waals surface area (Å²) in [5.41, 5.74) is 1.59. The number of carbonyl (C=O) groups is 1. The maximum atomic E-state index is 11.3. The lowest BCUT2D eigenvalue weighted by atomic mass is 9.96. The van der Waals surface area contributed by atoms with Crippen LogP contribution in [0.1, 0.15) is 23.5 Å². The molecule has 0 saturated carbocycles. The smallest absolute Gasteiger partial charge is 0.311 e. The predicted molar refractivity (Wildman–Crippen MR) is 79.8 cm³/mol. The molecule has 1 unspecified atom stereocenters. The molecule has 3 heteroatoms. The van der Waals surface area contributed by atoms with Crippen LogP contribution in [0.5, 0.6) is 0 Å². The van der Waals surface area contributed by atoms with Crippen LogP contribution in [0, 0.1) is 11.8 Å². The summed E-state index contributed by atoms with van der Waals surface area (Å²) in [6, 6.07) is 16.3. The van der Waals surface area contributed by atoms with E-state index in [0.717, 1.165) is 5.56 Å². The Hall–Kier alpha value is -2.24. The first kappa shape index (κ1) is 14.2. The maximum absolute atomic E-state index is 11.3. The van der Waals surface area contributed by atoms with E-state index in [9.17, 15) is 9.90 Å². The molecule has 0 heterocycles. The summed E-state index contributed by atoms with van der Waals surface area (Å²) in [6.45, 7) is 0. The quantitative estimate of drug-likeness (QED) is 0.867. The third-order valence-corrected chi connectivity index (χ3v) is 3.14. The van der Waals surface area contributed by atoms with Gasteiger partial charge in [-0.3, -0.25) is 4.79 Å². The first-order valence-corrected chi connectivity index (χ1v) is 6.57. The van der Waals surface area contributed by atoms with E-state index < -0.39 is 11.9 Å². The van der Waals surface area contributed by atoms with Crippen molar-refractivity contribution < 1.29 is 9.90 Å². The van der Waals surface area contributed by atoms with Gasteiger partial charge in [-0.05, 0) is 29.8 Å². The molecular formula is C17H13ClO2. The minimum atomic E-state index is -0.880. The third-order valence-electron chi connectivity index (χ3n) is 2.88. The Bertz CT molecular complexity index is 636. The van der Waals surface area contributed by atoms with E-state index in [1.165, 1.54) is 0 Å². The molecule has 0 aliphatic rings. The zero-order valence-electron chi connectivity index (χ0n) is 10.7. The summed E-state index contributed by atoms with van der Waals surface area (Å²) < 4.78 is 0. The van der Waals surface area contributed by atoms with Crippen molar-refractivity contribution in [3.05, 3.63) is 70.7 Å². The molecule has 1 N–H and O–H groups in total. The number of hydrogen-bond acceptors (Lipinski definition) is 1. The van der Waals surface area contributed by atoms with E-state index in [0.29, 0.717) is 10.6 Å². The molecule has 2 aromatic carbocycles. The average molecular weight is 285 g/mol. The first-order valence-electron chi connectivity index (χ1n) is 6.19. The highest BCUT2D eigenvalue weighted by Crippen LogP contribution is 2.21. The molecule has 20 heavy (non-hydrogen) atoms. The Balaban J connectivity index is 2.13. The van der Waals surface area contributed by atoms with Gasteiger partial charge in [0.1, 0.15) is 0 Å². The van der Waals surface area contributed by atoms with E-state index in [4.69, 9.17) is 11.6 Å². The van der Waals surface area contributed by atoms with Gasteiger partial charge in [0.2, 0.25) is 0 Å². The summed E-state index contributed by atoms with van der Waals surface area (Å²) in [4.78, 5) is 11.3. The van der Waals surface area contributed by atoms with Gasteiger partial charge in [-0.25, -0.2) is 0 Å². The fourth-order valence-corrected chi connectivity index (χ4v) is 1.95. The van der Waals surface area contributed by atoms with Gasteiger partial charge < -0.3 is 5.11 Å². The molecule has 0 spiro atoms. The molecule has 0 saturated heterocycles. The van der Waals surface area contributed by atoms with Crippen molar-refractivity contribution in [1.82, 2.24) is 0 Å². The fourth-order valence-electron chi connectivity index (χ4n) is 1.82. The van der Waals surface area contributed by atoms with Gasteiger partial charge in [-0.15, -0.1) is 0 Å². The zero-order valence-corrected chi connectivity index (χ0v) is 11.5. The summed E-state index contributed by atoms with van der Waals surface area (Å²) in [5.74, 6) is 4.39. The third kappa shape index (κ3) is 3.88. The summed E-state index contributed by atoms with van der Waals surface area (Å²) in [5, 5.41) is 9.88. The Kier molecular flexibility index (Phi) is 4.81. The van der Waals surface area contributed by atoms with Crippen LogP contribution in [-0.2, 0) is 4.79 Å². The molecule has 2 rings (SSSR count). The largest absolute Gasteiger partial charge is 0.481 e. The highest BCUT2D eigenvalue weighted by Gasteiger charge is 2.18. The Morgan fingerprint density at radius 3 is 2.35 bits per heavy atom. The average Bonchev–Trinajstić information content (AvgIpc) is 2.46. The van der Waals surface area contributed by atoms with Gasteiger partial charge >= 0.3 is 5.97 Å². The lowest BCUT2D eigenvalue weighted by Crippen LogP contribution is -2.10. The monoisotopic (exact) mass is 284 g/mol. The van der Waals surface area contributed by atoms with Crippen molar-refractivity contribution in [2.45, 2.75) is 12.3 Å². The number of rotatable bonds is 3. The first-order chi connectivity index (χ1) is 9.66. The summed E-state index contributed by atoms with van der Waals surface area (Å²) in [6.07, 6.45) is 0.270. The number of halogens is 1. The van der Waals surface area contributed by atoms with Crippen LogP contribution in [0.4, 0.5) is 0 Å². The molecule has 0 fully saturated rings. The Labute approximate surface area is 123 Å². The van der Waals surface area contributed by atoms with Crippen LogP contribution in [0.3, 0.4) is 0 Å². The molecular weight excluding hydrogens is 272 g/mol. The van der Waals surface area contributed by atoms with Gasteiger partial charge in [-0.2, -0.15) is 0 Å². The summed E-state index contributed by atoms with van der Waals surface area (Å²) >= 11 is 5.80. The zero-order chi connectivity index (χ0) is 14.4. The van der Waals surface area contributed by atoms with Gasteiger partial charge in [0, 0.05) is 17.0 Å². The second-order valence-electron chi connectivity index (χ2n) is 4.31. The number of carboxylic acids is 1. The Morgan fingerprint density at radius 1 is 1.10 bits per heavy atom. The maximum Gasteiger partial charge on any atom is 0.311 e. The van der Waals surface area contributed by atoms with Crippen LogP contribution >= 0.6 is 11.6 Å². The van der Waals surface area contributed by atoms with E-state index in [2.05, 4.69) is 11.8 Å². The Morgan fingerprint density at radius 2 is 1.75 bits per heavy atom. The lowest BCUT2D eigenvalue weighted by molar-refractivity contribution is -0.138. The van der Waals surface area contributed by atoms with Crippen molar-refractivity contribution in [3.8, 4) is 11.8 Å². The SMILES string of the molecule is O=C(O)C(CC#Cc1ccccc1)c1ccc(Cl)cc1.